The van der Waals surface area contributed by atoms with Crippen molar-refractivity contribution in [2.75, 3.05) is 35.6 Å². The van der Waals surface area contributed by atoms with Gasteiger partial charge in [-0.05, 0) is 68.0 Å². The smallest absolute Gasteiger partial charge is 0.0600 e. The predicted molar refractivity (Wildman–Crippen MR) is 100 cm³/mol. The van der Waals surface area contributed by atoms with Crippen molar-refractivity contribution in [3.63, 3.8) is 0 Å². The van der Waals surface area contributed by atoms with Gasteiger partial charge < -0.3 is 16.0 Å². The number of nitrogens with zero attached hydrogens (tertiary/aromatic N) is 1. The highest BCUT2D eigenvalue weighted by Crippen LogP contribution is 2.27. The topological polar surface area (TPSA) is 41.3 Å². The minimum Gasteiger partial charge on any atom is -0.397 e. The highest BCUT2D eigenvalue weighted by Gasteiger charge is 2.14. The lowest BCUT2D eigenvalue weighted by Gasteiger charge is -2.20. The summed E-state index contributed by atoms with van der Waals surface area (Å²) in [5.41, 5.74) is 12.2. The van der Waals surface area contributed by atoms with E-state index in [1.54, 1.807) is 0 Å². The van der Waals surface area contributed by atoms with Gasteiger partial charge in [0.05, 0.1) is 11.4 Å². The van der Waals surface area contributed by atoms with Crippen LogP contribution in [-0.2, 0) is 6.42 Å². The molecule has 1 aliphatic rings. The predicted octanol–water partition coefficient (Wildman–Crippen LogP) is 4.22. The van der Waals surface area contributed by atoms with Gasteiger partial charge in [0.1, 0.15) is 0 Å². The maximum absolute atomic E-state index is 6.26. The molecule has 0 amide bonds. The van der Waals surface area contributed by atoms with Crippen molar-refractivity contribution >= 4 is 17.1 Å². The Morgan fingerprint density at radius 1 is 1.09 bits per heavy atom. The van der Waals surface area contributed by atoms with E-state index >= 15 is 0 Å². The molecule has 3 N–H and O–H groups in total. The van der Waals surface area contributed by atoms with Crippen LogP contribution in [0.4, 0.5) is 17.1 Å². The van der Waals surface area contributed by atoms with Crippen molar-refractivity contribution in [1.29, 1.82) is 0 Å². The summed E-state index contributed by atoms with van der Waals surface area (Å²) >= 11 is 0. The minimum atomic E-state index is 0.927. The molecule has 3 rings (SSSR count). The Kier molecular flexibility index (Phi) is 5.06. The van der Waals surface area contributed by atoms with Gasteiger partial charge in [-0.25, -0.2) is 0 Å². The summed E-state index contributed by atoms with van der Waals surface area (Å²) in [4.78, 5) is 2.40. The van der Waals surface area contributed by atoms with Crippen LogP contribution in [0.15, 0.2) is 42.5 Å². The van der Waals surface area contributed by atoms with Gasteiger partial charge in [-0.15, -0.1) is 0 Å². The molecule has 23 heavy (non-hydrogen) atoms. The van der Waals surface area contributed by atoms with E-state index < -0.39 is 0 Å². The normalized spacial score (nSPS) is 14.2. The van der Waals surface area contributed by atoms with E-state index in [0.29, 0.717) is 0 Å². The summed E-state index contributed by atoms with van der Waals surface area (Å²) in [6.07, 6.45) is 4.73. The van der Waals surface area contributed by atoms with Crippen LogP contribution in [0.5, 0.6) is 0 Å². The molecule has 1 heterocycles. The summed E-state index contributed by atoms with van der Waals surface area (Å²) < 4.78 is 0. The van der Waals surface area contributed by atoms with Gasteiger partial charge in [0.2, 0.25) is 0 Å². The van der Waals surface area contributed by atoms with E-state index in [1.165, 1.54) is 35.3 Å². The second kappa shape index (κ2) is 7.40. The molecule has 0 saturated carbocycles. The number of hydrogen-bond donors (Lipinski definition) is 2. The maximum Gasteiger partial charge on any atom is 0.0600 e. The largest absolute Gasteiger partial charge is 0.397 e. The van der Waals surface area contributed by atoms with Gasteiger partial charge in [0.15, 0.2) is 0 Å². The Morgan fingerprint density at radius 3 is 2.65 bits per heavy atom. The van der Waals surface area contributed by atoms with E-state index in [-0.39, 0.29) is 0 Å². The molecule has 0 aromatic heterocycles. The Labute approximate surface area is 139 Å². The standard InChI is InChI=1S/C20H27N3/c1-16-6-4-8-18(14-16)22-11-5-7-17-9-10-20(19(21)15-17)23-12-2-3-13-23/h4,6,8-10,14-15,22H,2-3,5,7,11-13,21H2,1H3. The van der Waals surface area contributed by atoms with Crippen molar-refractivity contribution in [3.8, 4) is 0 Å². The lowest BCUT2D eigenvalue weighted by Crippen LogP contribution is -2.19. The molecule has 1 fully saturated rings. The zero-order valence-electron chi connectivity index (χ0n) is 14.0. The van der Waals surface area contributed by atoms with Gasteiger partial charge in [0.25, 0.3) is 0 Å². The molecule has 0 atom stereocenters. The fourth-order valence-corrected chi connectivity index (χ4v) is 3.29. The third-order valence-corrected chi connectivity index (χ3v) is 4.53. The summed E-state index contributed by atoms with van der Waals surface area (Å²) in [5.74, 6) is 0. The van der Waals surface area contributed by atoms with E-state index in [2.05, 4.69) is 59.6 Å². The number of nitrogens with one attached hydrogen (secondary N) is 1. The molecular formula is C20H27N3. The summed E-state index contributed by atoms with van der Waals surface area (Å²) in [5, 5.41) is 3.49. The highest BCUT2D eigenvalue weighted by atomic mass is 15.1. The first-order valence-corrected chi connectivity index (χ1v) is 8.66. The number of aryl methyl sites for hydroxylation is 2. The Bertz CT molecular complexity index is 645. The number of benzene rings is 2. The van der Waals surface area contributed by atoms with Gasteiger partial charge in [-0.2, -0.15) is 0 Å². The first-order valence-electron chi connectivity index (χ1n) is 8.66. The van der Waals surface area contributed by atoms with E-state index in [0.717, 1.165) is 38.2 Å². The van der Waals surface area contributed by atoms with Crippen LogP contribution in [0.2, 0.25) is 0 Å². The number of anilines is 3. The molecule has 1 saturated heterocycles. The molecule has 0 bridgehead atoms. The molecule has 0 spiro atoms. The number of hydrogen-bond acceptors (Lipinski definition) is 3. The molecule has 1 aliphatic heterocycles. The third kappa shape index (κ3) is 4.19. The average Bonchev–Trinajstić information content (AvgIpc) is 3.06. The molecule has 2 aromatic carbocycles. The fraction of sp³-hybridized carbons (Fsp3) is 0.400. The number of nitrogen functional groups attached to an aromatic ring is 1. The lowest BCUT2D eigenvalue weighted by atomic mass is 10.1. The lowest BCUT2D eigenvalue weighted by molar-refractivity contribution is 0.862. The number of rotatable bonds is 6. The van der Waals surface area contributed by atoms with E-state index in [4.69, 9.17) is 5.73 Å². The van der Waals surface area contributed by atoms with Crippen molar-refractivity contribution in [1.82, 2.24) is 0 Å². The second-order valence-electron chi connectivity index (χ2n) is 6.49. The van der Waals surface area contributed by atoms with Crippen molar-refractivity contribution in [2.45, 2.75) is 32.6 Å². The van der Waals surface area contributed by atoms with Crippen molar-refractivity contribution in [3.05, 3.63) is 53.6 Å². The van der Waals surface area contributed by atoms with Gasteiger partial charge in [-0.1, -0.05) is 18.2 Å². The molecule has 3 heteroatoms. The third-order valence-electron chi connectivity index (χ3n) is 4.53. The fourth-order valence-electron chi connectivity index (χ4n) is 3.29. The molecule has 122 valence electrons. The summed E-state index contributed by atoms with van der Waals surface area (Å²) in [7, 11) is 0. The zero-order valence-corrected chi connectivity index (χ0v) is 14.0. The molecule has 0 aliphatic carbocycles. The Hall–Kier alpha value is -2.16. The van der Waals surface area contributed by atoms with Crippen molar-refractivity contribution < 1.29 is 0 Å². The minimum absolute atomic E-state index is 0.927. The van der Waals surface area contributed by atoms with Crippen LogP contribution in [-0.4, -0.2) is 19.6 Å². The van der Waals surface area contributed by atoms with Gasteiger partial charge in [0, 0.05) is 25.3 Å². The molecule has 2 aromatic rings. The second-order valence-corrected chi connectivity index (χ2v) is 6.49. The quantitative estimate of drug-likeness (QED) is 0.620. The Morgan fingerprint density at radius 2 is 1.91 bits per heavy atom. The van der Waals surface area contributed by atoms with Crippen LogP contribution in [0.3, 0.4) is 0 Å². The maximum atomic E-state index is 6.26. The van der Waals surface area contributed by atoms with Crippen LogP contribution in [0.1, 0.15) is 30.4 Å². The monoisotopic (exact) mass is 309 g/mol. The van der Waals surface area contributed by atoms with E-state index in [1.807, 2.05) is 0 Å². The molecule has 0 radical (unpaired) electrons. The average molecular weight is 309 g/mol. The molecule has 0 unspecified atom stereocenters. The van der Waals surface area contributed by atoms with Crippen LogP contribution < -0.4 is 16.0 Å². The van der Waals surface area contributed by atoms with Crippen molar-refractivity contribution in [2.24, 2.45) is 0 Å². The first kappa shape index (κ1) is 15.7. The molecule has 3 nitrogen and oxygen atoms in total. The SMILES string of the molecule is Cc1cccc(NCCCc2ccc(N3CCCC3)c(N)c2)c1. The first-order chi connectivity index (χ1) is 11.2. The molecular weight excluding hydrogens is 282 g/mol. The number of nitrogens with two attached hydrogens (primary N) is 1. The van der Waals surface area contributed by atoms with Gasteiger partial charge in [-0.3, -0.25) is 0 Å². The highest BCUT2D eigenvalue weighted by molar-refractivity contribution is 5.68. The van der Waals surface area contributed by atoms with Gasteiger partial charge >= 0.3 is 0 Å². The van der Waals surface area contributed by atoms with E-state index in [9.17, 15) is 0 Å². The zero-order chi connectivity index (χ0) is 16.1. The summed E-state index contributed by atoms with van der Waals surface area (Å²) in [6.45, 7) is 5.39. The summed E-state index contributed by atoms with van der Waals surface area (Å²) in [6, 6.07) is 15.1. The van der Waals surface area contributed by atoms with Crippen LogP contribution in [0.25, 0.3) is 0 Å². The van der Waals surface area contributed by atoms with Crippen LogP contribution in [0, 0.1) is 6.92 Å². The Balaban J connectivity index is 1.49. The van der Waals surface area contributed by atoms with Crippen LogP contribution >= 0.6 is 0 Å².